The van der Waals surface area contributed by atoms with Crippen LogP contribution in [0.3, 0.4) is 0 Å². The van der Waals surface area contributed by atoms with Gasteiger partial charge in [0, 0.05) is 16.5 Å². The SMILES string of the molecule is CC(c1cccc(Cl)c1)N(C)c1cc(Br)ccc1C#N. The van der Waals surface area contributed by atoms with E-state index in [9.17, 15) is 5.26 Å². The highest BCUT2D eigenvalue weighted by Crippen LogP contribution is 2.31. The third-order valence-corrected chi connectivity index (χ3v) is 4.10. The maximum absolute atomic E-state index is 9.24. The van der Waals surface area contributed by atoms with Crippen molar-refractivity contribution < 1.29 is 0 Å². The van der Waals surface area contributed by atoms with Crippen molar-refractivity contribution in [2.24, 2.45) is 0 Å². The first-order valence-corrected chi connectivity index (χ1v) is 7.38. The molecule has 4 heteroatoms. The fourth-order valence-electron chi connectivity index (χ4n) is 2.09. The summed E-state index contributed by atoms with van der Waals surface area (Å²) in [5.41, 5.74) is 2.67. The van der Waals surface area contributed by atoms with Crippen LogP contribution in [-0.2, 0) is 0 Å². The summed E-state index contributed by atoms with van der Waals surface area (Å²) in [4.78, 5) is 2.08. The number of halogens is 2. The lowest BCUT2D eigenvalue weighted by molar-refractivity contribution is 0.739. The Morgan fingerprint density at radius 3 is 2.65 bits per heavy atom. The molecule has 0 saturated carbocycles. The summed E-state index contributed by atoms with van der Waals surface area (Å²) in [5.74, 6) is 0. The zero-order valence-electron chi connectivity index (χ0n) is 11.3. The third kappa shape index (κ3) is 3.15. The second-order valence-electron chi connectivity index (χ2n) is 4.62. The summed E-state index contributed by atoms with van der Waals surface area (Å²) in [6.45, 7) is 2.09. The molecule has 20 heavy (non-hydrogen) atoms. The first-order chi connectivity index (χ1) is 9.52. The monoisotopic (exact) mass is 348 g/mol. The lowest BCUT2D eigenvalue weighted by Gasteiger charge is -2.28. The molecule has 0 radical (unpaired) electrons. The van der Waals surface area contributed by atoms with Gasteiger partial charge >= 0.3 is 0 Å². The zero-order chi connectivity index (χ0) is 14.7. The van der Waals surface area contributed by atoms with E-state index in [2.05, 4.69) is 33.8 Å². The molecule has 0 amide bonds. The Hall–Kier alpha value is -1.50. The molecule has 0 spiro atoms. The van der Waals surface area contributed by atoms with Gasteiger partial charge in [0.25, 0.3) is 0 Å². The number of nitrogens with zero attached hydrogens (tertiary/aromatic N) is 2. The van der Waals surface area contributed by atoms with Gasteiger partial charge in [-0.1, -0.05) is 39.7 Å². The lowest BCUT2D eigenvalue weighted by Crippen LogP contribution is -2.22. The first kappa shape index (κ1) is 14.9. The van der Waals surface area contributed by atoms with Gasteiger partial charge in [-0.05, 0) is 42.8 Å². The Morgan fingerprint density at radius 1 is 1.25 bits per heavy atom. The largest absolute Gasteiger partial charge is 0.367 e. The van der Waals surface area contributed by atoms with Gasteiger partial charge < -0.3 is 4.90 Å². The van der Waals surface area contributed by atoms with Crippen LogP contribution in [0.25, 0.3) is 0 Å². The molecule has 0 aliphatic rings. The van der Waals surface area contributed by atoms with Crippen molar-refractivity contribution in [3.8, 4) is 6.07 Å². The van der Waals surface area contributed by atoms with Gasteiger partial charge in [0.15, 0.2) is 0 Å². The average molecular weight is 350 g/mol. The van der Waals surface area contributed by atoms with Gasteiger partial charge in [0.1, 0.15) is 6.07 Å². The zero-order valence-corrected chi connectivity index (χ0v) is 13.6. The minimum absolute atomic E-state index is 0.120. The van der Waals surface area contributed by atoms with E-state index in [0.29, 0.717) is 5.56 Å². The summed E-state index contributed by atoms with van der Waals surface area (Å²) >= 11 is 9.50. The van der Waals surface area contributed by atoms with Gasteiger partial charge in [-0.25, -0.2) is 0 Å². The van der Waals surface area contributed by atoms with Gasteiger partial charge in [-0.15, -0.1) is 0 Å². The molecule has 0 bridgehead atoms. The van der Waals surface area contributed by atoms with Crippen LogP contribution in [0.1, 0.15) is 24.1 Å². The molecular formula is C16H14BrClN2. The molecule has 102 valence electrons. The van der Waals surface area contributed by atoms with Crippen LogP contribution in [0.2, 0.25) is 5.02 Å². The van der Waals surface area contributed by atoms with E-state index >= 15 is 0 Å². The van der Waals surface area contributed by atoms with Crippen LogP contribution in [-0.4, -0.2) is 7.05 Å². The maximum Gasteiger partial charge on any atom is 0.101 e. The molecule has 2 aromatic rings. The van der Waals surface area contributed by atoms with Crippen molar-refractivity contribution >= 4 is 33.2 Å². The van der Waals surface area contributed by atoms with E-state index in [0.717, 1.165) is 20.7 Å². The number of anilines is 1. The van der Waals surface area contributed by atoms with Crippen LogP contribution in [0, 0.1) is 11.3 Å². The fraction of sp³-hybridized carbons (Fsp3) is 0.188. The standard InChI is InChI=1S/C16H14BrClN2/c1-11(12-4-3-5-15(18)8-12)20(2)16-9-14(17)7-6-13(16)10-19/h3-9,11H,1-2H3. The average Bonchev–Trinajstić information content (AvgIpc) is 2.45. The van der Waals surface area contributed by atoms with Crippen molar-refractivity contribution in [2.75, 3.05) is 11.9 Å². The molecule has 0 heterocycles. The quantitative estimate of drug-likeness (QED) is 0.764. The number of rotatable bonds is 3. The molecule has 2 aromatic carbocycles. The molecule has 0 saturated heterocycles. The fourth-order valence-corrected chi connectivity index (χ4v) is 2.64. The minimum atomic E-state index is 0.120. The van der Waals surface area contributed by atoms with Crippen molar-refractivity contribution in [3.63, 3.8) is 0 Å². The number of hydrogen-bond acceptors (Lipinski definition) is 2. The second-order valence-corrected chi connectivity index (χ2v) is 5.97. The van der Waals surface area contributed by atoms with Crippen LogP contribution in [0.5, 0.6) is 0 Å². The minimum Gasteiger partial charge on any atom is -0.367 e. The normalized spacial score (nSPS) is 11.8. The topological polar surface area (TPSA) is 27.0 Å². The van der Waals surface area contributed by atoms with E-state index in [1.54, 1.807) is 0 Å². The second kappa shape index (κ2) is 6.30. The molecular weight excluding hydrogens is 336 g/mol. The Labute approximate surface area is 132 Å². The molecule has 1 unspecified atom stereocenters. The van der Waals surface area contributed by atoms with Crippen LogP contribution < -0.4 is 4.90 Å². The van der Waals surface area contributed by atoms with Gasteiger partial charge in [0.2, 0.25) is 0 Å². The third-order valence-electron chi connectivity index (χ3n) is 3.37. The number of hydrogen-bond donors (Lipinski definition) is 0. The highest BCUT2D eigenvalue weighted by Gasteiger charge is 2.16. The lowest BCUT2D eigenvalue weighted by atomic mass is 10.1. The highest BCUT2D eigenvalue weighted by atomic mass is 79.9. The van der Waals surface area contributed by atoms with Crippen LogP contribution in [0.4, 0.5) is 5.69 Å². The molecule has 0 aromatic heterocycles. The molecule has 0 N–H and O–H groups in total. The van der Waals surface area contributed by atoms with Crippen molar-refractivity contribution in [2.45, 2.75) is 13.0 Å². The Morgan fingerprint density at radius 2 is 2.00 bits per heavy atom. The van der Waals surface area contributed by atoms with Crippen LogP contribution in [0.15, 0.2) is 46.9 Å². The first-order valence-electron chi connectivity index (χ1n) is 6.21. The van der Waals surface area contributed by atoms with Gasteiger partial charge in [-0.2, -0.15) is 5.26 Å². The maximum atomic E-state index is 9.24. The van der Waals surface area contributed by atoms with E-state index in [1.807, 2.05) is 49.5 Å². The summed E-state index contributed by atoms with van der Waals surface area (Å²) in [6, 6.07) is 15.8. The van der Waals surface area contributed by atoms with E-state index < -0.39 is 0 Å². The summed E-state index contributed by atoms with van der Waals surface area (Å²) in [7, 11) is 1.98. The molecule has 0 aliphatic carbocycles. The smallest absolute Gasteiger partial charge is 0.101 e. The number of benzene rings is 2. The van der Waals surface area contributed by atoms with Crippen molar-refractivity contribution in [3.05, 3.63) is 63.1 Å². The molecule has 2 nitrogen and oxygen atoms in total. The predicted octanol–water partition coefficient (Wildman–Crippen LogP) is 5.17. The Balaban J connectivity index is 2.38. The molecule has 0 aliphatic heterocycles. The molecule has 0 fully saturated rings. The molecule has 1 atom stereocenters. The summed E-state index contributed by atoms with van der Waals surface area (Å²) < 4.78 is 0.955. The van der Waals surface area contributed by atoms with Gasteiger partial charge in [-0.3, -0.25) is 0 Å². The van der Waals surface area contributed by atoms with Crippen molar-refractivity contribution in [1.29, 1.82) is 5.26 Å². The van der Waals surface area contributed by atoms with E-state index in [4.69, 9.17) is 11.6 Å². The highest BCUT2D eigenvalue weighted by molar-refractivity contribution is 9.10. The Kier molecular flexibility index (Phi) is 4.69. The van der Waals surface area contributed by atoms with Crippen molar-refractivity contribution in [1.82, 2.24) is 0 Å². The molecule has 2 rings (SSSR count). The van der Waals surface area contributed by atoms with Crippen LogP contribution >= 0.6 is 27.5 Å². The summed E-state index contributed by atoms with van der Waals surface area (Å²) in [5, 5.41) is 9.96. The van der Waals surface area contributed by atoms with E-state index in [-0.39, 0.29) is 6.04 Å². The summed E-state index contributed by atoms with van der Waals surface area (Å²) in [6.07, 6.45) is 0. The van der Waals surface area contributed by atoms with E-state index in [1.165, 1.54) is 0 Å². The Bertz CT molecular complexity index is 664. The predicted molar refractivity (Wildman–Crippen MR) is 87.1 cm³/mol. The van der Waals surface area contributed by atoms with Gasteiger partial charge in [0.05, 0.1) is 17.3 Å². The number of nitriles is 1.